The van der Waals surface area contributed by atoms with E-state index in [-0.39, 0.29) is 30.0 Å². The van der Waals surface area contributed by atoms with Crippen LogP contribution in [0.2, 0.25) is 0 Å². The quantitative estimate of drug-likeness (QED) is 0.314. The van der Waals surface area contributed by atoms with E-state index in [0.717, 1.165) is 12.1 Å². The number of fused-ring (bicyclic) bond motifs is 1. The van der Waals surface area contributed by atoms with Gasteiger partial charge >= 0.3 is 12.1 Å². The minimum Gasteiger partial charge on any atom is -0.481 e. The Morgan fingerprint density at radius 2 is 1.73 bits per heavy atom. The van der Waals surface area contributed by atoms with Crippen LogP contribution in [0.1, 0.15) is 72.0 Å². The van der Waals surface area contributed by atoms with E-state index >= 15 is 0 Å². The second kappa shape index (κ2) is 10.6. The first-order valence-corrected chi connectivity index (χ1v) is 13.4. The van der Waals surface area contributed by atoms with E-state index in [1.54, 1.807) is 49.4 Å². The Labute approximate surface area is 234 Å². The Kier molecular flexibility index (Phi) is 7.35. The van der Waals surface area contributed by atoms with Crippen molar-refractivity contribution in [3.63, 3.8) is 0 Å². The van der Waals surface area contributed by atoms with E-state index in [9.17, 15) is 37.1 Å². The van der Waals surface area contributed by atoms with Crippen molar-refractivity contribution in [3.05, 3.63) is 88.7 Å². The van der Waals surface area contributed by atoms with Crippen molar-refractivity contribution in [2.24, 2.45) is 0 Å². The number of carboxylic acids is 1. The van der Waals surface area contributed by atoms with Gasteiger partial charge in [-0.2, -0.15) is 13.2 Å². The first-order chi connectivity index (χ1) is 19.5. The van der Waals surface area contributed by atoms with Gasteiger partial charge in [0.1, 0.15) is 11.7 Å². The van der Waals surface area contributed by atoms with Gasteiger partial charge in [0.05, 0.1) is 11.1 Å². The summed E-state index contributed by atoms with van der Waals surface area (Å²) in [4.78, 5) is 40.4. The molecule has 1 unspecified atom stereocenters. The molecule has 0 saturated heterocycles. The maximum atomic E-state index is 14.4. The van der Waals surface area contributed by atoms with Crippen LogP contribution in [-0.4, -0.2) is 33.3 Å². The molecule has 0 radical (unpaired) electrons. The molecule has 3 aromatic carbocycles. The average molecular weight is 569 g/mol. The molecule has 1 spiro atoms. The van der Waals surface area contributed by atoms with Gasteiger partial charge in [0.2, 0.25) is 5.91 Å². The first-order valence-electron chi connectivity index (χ1n) is 13.4. The molecular weight excluding hydrogens is 540 g/mol. The highest BCUT2D eigenvalue weighted by Crippen LogP contribution is 2.51. The zero-order valence-electron chi connectivity index (χ0n) is 22.2. The van der Waals surface area contributed by atoms with E-state index in [4.69, 9.17) is 0 Å². The molecule has 2 aliphatic rings. The molecule has 1 atom stereocenters. The zero-order valence-corrected chi connectivity index (χ0v) is 22.2. The summed E-state index contributed by atoms with van der Waals surface area (Å²) in [6.45, 7) is 1.50. The third kappa shape index (κ3) is 5.07. The Morgan fingerprint density at radius 1 is 1.02 bits per heavy atom. The number of carboxylic acid groups (broad SMARTS) is 1. The van der Waals surface area contributed by atoms with Crippen molar-refractivity contribution in [2.75, 3.05) is 5.32 Å². The maximum absolute atomic E-state index is 14.4. The highest BCUT2D eigenvalue weighted by atomic mass is 19.4. The molecule has 2 N–H and O–H groups in total. The third-order valence-electron chi connectivity index (χ3n) is 8.14. The molecule has 41 heavy (non-hydrogen) atoms. The van der Waals surface area contributed by atoms with Gasteiger partial charge in [0.15, 0.2) is 0 Å². The molecule has 0 aromatic heterocycles. The number of hydrogen-bond acceptors (Lipinski definition) is 3. The summed E-state index contributed by atoms with van der Waals surface area (Å²) >= 11 is 0. The highest BCUT2D eigenvalue weighted by Gasteiger charge is 2.56. The van der Waals surface area contributed by atoms with Gasteiger partial charge in [-0.15, -0.1) is 0 Å². The fourth-order valence-electron chi connectivity index (χ4n) is 6.25. The van der Waals surface area contributed by atoms with Gasteiger partial charge in [-0.05, 0) is 59.9 Å². The maximum Gasteiger partial charge on any atom is 0.419 e. The molecule has 214 valence electrons. The number of carbonyl (C=O) groups excluding carboxylic acids is 2. The van der Waals surface area contributed by atoms with E-state index < -0.39 is 40.9 Å². The number of carbonyl (C=O) groups is 3. The third-order valence-corrected chi connectivity index (χ3v) is 8.14. The number of halogens is 4. The summed E-state index contributed by atoms with van der Waals surface area (Å²) in [5, 5.41) is 13.4. The molecule has 1 aliphatic heterocycles. The van der Waals surface area contributed by atoms with Crippen molar-refractivity contribution in [2.45, 2.75) is 63.2 Å². The average Bonchev–Trinajstić information content (AvgIpc) is 3.40. The lowest BCUT2D eigenvalue weighted by atomic mass is 9.71. The van der Waals surface area contributed by atoms with Gasteiger partial charge in [-0.1, -0.05) is 50.1 Å². The van der Waals surface area contributed by atoms with Gasteiger partial charge in [0.25, 0.3) is 5.91 Å². The summed E-state index contributed by atoms with van der Waals surface area (Å²) in [6.07, 6.45) is -2.50. The smallest absolute Gasteiger partial charge is 0.419 e. The molecule has 6 nitrogen and oxygen atoms in total. The van der Waals surface area contributed by atoms with E-state index in [1.807, 2.05) is 0 Å². The van der Waals surface area contributed by atoms with Gasteiger partial charge in [-0.25, -0.2) is 4.39 Å². The number of rotatable bonds is 6. The Hall–Kier alpha value is -4.21. The van der Waals surface area contributed by atoms with Crippen LogP contribution >= 0.6 is 0 Å². The van der Waals surface area contributed by atoms with Crippen molar-refractivity contribution in [3.8, 4) is 11.1 Å². The minimum atomic E-state index is -4.86. The van der Waals surface area contributed by atoms with Crippen LogP contribution in [0, 0.1) is 5.82 Å². The minimum absolute atomic E-state index is 0.139. The topological polar surface area (TPSA) is 86.7 Å². The first kappa shape index (κ1) is 28.3. The lowest BCUT2D eigenvalue weighted by Crippen LogP contribution is -2.58. The summed E-state index contributed by atoms with van der Waals surface area (Å²) in [5.41, 5.74) is -0.0512. The van der Waals surface area contributed by atoms with E-state index in [0.29, 0.717) is 54.1 Å². The highest BCUT2D eigenvalue weighted by molar-refractivity contribution is 6.02. The molecule has 0 bridgehead atoms. The Bertz CT molecular complexity index is 1530. The van der Waals surface area contributed by atoms with Crippen LogP contribution in [-0.2, 0) is 22.3 Å². The summed E-state index contributed by atoms with van der Waals surface area (Å²) in [5.74, 6) is -4.34. The number of aliphatic carboxylic acids is 1. The molecule has 10 heteroatoms. The van der Waals surface area contributed by atoms with Crippen LogP contribution in [0.25, 0.3) is 11.1 Å². The fourth-order valence-corrected chi connectivity index (χ4v) is 6.25. The van der Waals surface area contributed by atoms with Crippen molar-refractivity contribution in [1.82, 2.24) is 4.90 Å². The lowest BCUT2D eigenvalue weighted by molar-refractivity contribution is -0.143. The number of hydrogen-bond donors (Lipinski definition) is 2. The van der Waals surface area contributed by atoms with Crippen molar-refractivity contribution < 1.29 is 37.1 Å². The Balaban J connectivity index is 1.60. The molecular formula is C31H28F4N2O4. The van der Waals surface area contributed by atoms with Gasteiger partial charge in [-0.3, -0.25) is 14.4 Å². The standard InChI is InChI=1S/C31H28F4N2O4/c1-2-26(38)36-25-8-4-3-7-20(25)19-10-11-21-22(16-19)27(29(40)41)30(13-5-6-14-30)37(28(21)39)17-18-9-12-23(24(32)15-18)31(33,34)35/h3-4,7-12,15-16,27H,2,5-6,13-14,17H2,1H3,(H,36,38)(H,40,41). The van der Waals surface area contributed by atoms with Gasteiger partial charge < -0.3 is 15.3 Å². The number of amides is 2. The monoisotopic (exact) mass is 568 g/mol. The SMILES string of the molecule is CCC(=O)Nc1ccccc1-c1ccc2c(c1)C(C(=O)O)C1(CCCC1)N(Cc1ccc(C(F)(F)F)c(F)c1)C2=O. The predicted octanol–water partition coefficient (Wildman–Crippen LogP) is 7.00. The summed E-state index contributed by atoms with van der Waals surface area (Å²) in [7, 11) is 0. The second-order valence-corrected chi connectivity index (χ2v) is 10.5. The van der Waals surface area contributed by atoms with Crippen LogP contribution in [0.4, 0.5) is 23.2 Å². The molecule has 1 aliphatic carbocycles. The van der Waals surface area contributed by atoms with Crippen molar-refractivity contribution >= 4 is 23.5 Å². The number of anilines is 1. The zero-order chi connectivity index (χ0) is 29.5. The van der Waals surface area contributed by atoms with Crippen molar-refractivity contribution in [1.29, 1.82) is 0 Å². The summed E-state index contributed by atoms with van der Waals surface area (Å²) in [6, 6.07) is 14.5. The largest absolute Gasteiger partial charge is 0.481 e. The second-order valence-electron chi connectivity index (χ2n) is 10.5. The molecule has 5 rings (SSSR count). The van der Waals surface area contributed by atoms with E-state index in [1.165, 1.54) is 4.90 Å². The van der Waals surface area contributed by atoms with Crippen LogP contribution in [0.3, 0.4) is 0 Å². The number of nitrogens with one attached hydrogen (secondary N) is 1. The number of para-hydroxylation sites is 1. The number of benzene rings is 3. The van der Waals surface area contributed by atoms with Crippen LogP contribution in [0.15, 0.2) is 60.7 Å². The summed E-state index contributed by atoms with van der Waals surface area (Å²) < 4.78 is 53.8. The molecule has 1 heterocycles. The molecule has 2 amide bonds. The molecule has 3 aromatic rings. The van der Waals surface area contributed by atoms with Gasteiger partial charge in [0, 0.05) is 29.8 Å². The van der Waals surface area contributed by atoms with E-state index in [2.05, 4.69) is 5.32 Å². The fraction of sp³-hybridized carbons (Fsp3) is 0.323. The molecule has 1 fully saturated rings. The lowest BCUT2D eigenvalue weighted by Gasteiger charge is -2.49. The van der Waals surface area contributed by atoms with Crippen LogP contribution in [0.5, 0.6) is 0 Å². The predicted molar refractivity (Wildman–Crippen MR) is 144 cm³/mol. The normalized spacial score (nSPS) is 17.9. The molecule has 1 saturated carbocycles. The number of nitrogens with zero attached hydrogens (tertiary/aromatic N) is 1. The number of alkyl halides is 3. The van der Waals surface area contributed by atoms with Crippen LogP contribution < -0.4 is 5.32 Å². The Morgan fingerprint density at radius 3 is 2.37 bits per heavy atom.